The highest BCUT2D eigenvalue weighted by atomic mass is 16.6. The molecule has 0 saturated carbocycles. The number of hydrogen-bond donors (Lipinski definition) is 0. The molecule has 0 aromatic carbocycles. The molecule has 1 aliphatic rings. The van der Waals surface area contributed by atoms with Crippen LogP contribution in [0.25, 0.3) is 0 Å². The van der Waals surface area contributed by atoms with E-state index in [4.69, 9.17) is 18.9 Å². The molecule has 1 aromatic rings. The molecule has 184 valence electrons. The van der Waals surface area contributed by atoms with Crippen molar-refractivity contribution in [3.63, 3.8) is 0 Å². The summed E-state index contributed by atoms with van der Waals surface area (Å²) in [5.74, 6) is -2.13. The third-order valence-corrected chi connectivity index (χ3v) is 5.13. The van der Waals surface area contributed by atoms with Gasteiger partial charge in [0.05, 0.1) is 11.3 Å². The number of aromatic nitrogens is 1. The number of carbonyl (C=O) groups is 4. The van der Waals surface area contributed by atoms with Crippen LogP contribution in [0.2, 0.25) is 0 Å². The first-order chi connectivity index (χ1) is 16.1. The van der Waals surface area contributed by atoms with Gasteiger partial charge in [-0.1, -0.05) is 17.7 Å². The summed E-state index contributed by atoms with van der Waals surface area (Å²) >= 11 is 0. The second kappa shape index (κ2) is 12.0. The van der Waals surface area contributed by atoms with Gasteiger partial charge >= 0.3 is 23.9 Å². The smallest absolute Gasteiger partial charge is 0.337 e. The molecule has 0 aliphatic carbocycles. The van der Waals surface area contributed by atoms with Crippen molar-refractivity contribution in [1.82, 2.24) is 4.57 Å². The minimum Gasteiger partial charge on any atom is -0.457 e. The zero-order valence-electron chi connectivity index (χ0n) is 20.4. The minimum absolute atomic E-state index is 0.107. The van der Waals surface area contributed by atoms with Crippen LogP contribution in [0.5, 0.6) is 0 Å². The van der Waals surface area contributed by atoms with Gasteiger partial charge in [-0.3, -0.25) is 4.79 Å². The van der Waals surface area contributed by atoms with Crippen molar-refractivity contribution < 1.29 is 38.1 Å². The number of carbonyl (C=O) groups excluding carboxylic acids is 4. The highest BCUT2D eigenvalue weighted by Crippen LogP contribution is 2.41. The van der Waals surface area contributed by atoms with Crippen molar-refractivity contribution in [1.29, 1.82) is 0 Å². The van der Waals surface area contributed by atoms with Gasteiger partial charge in [-0.25, -0.2) is 14.4 Å². The summed E-state index contributed by atoms with van der Waals surface area (Å²) in [7, 11) is 0. The van der Waals surface area contributed by atoms with Crippen molar-refractivity contribution >= 4 is 23.9 Å². The van der Waals surface area contributed by atoms with Gasteiger partial charge < -0.3 is 23.5 Å². The van der Waals surface area contributed by atoms with Crippen LogP contribution in [-0.2, 0) is 44.7 Å². The third kappa shape index (κ3) is 6.94. The summed E-state index contributed by atoms with van der Waals surface area (Å²) in [6, 6.07) is 1.71. The molecule has 0 radical (unpaired) electrons. The van der Waals surface area contributed by atoms with Gasteiger partial charge in [0.1, 0.15) is 19.3 Å². The topological polar surface area (TPSA) is 110 Å². The molecular formula is C25H31NO8. The van der Waals surface area contributed by atoms with Crippen LogP contribution in [0.15, 0.2) is 47.2 Å². The molecule has 2 atom stereocenters. The molecule has 1 aliphatic heterocycles. The van der Waals surface area contributed by atoms with Crippen LogP contribution in [0.3, 0.4) is 0 Å². The zero-order chi connectivity index (χ0) is 25.4. The monoisotopic (exact) mass is 473 g/mol. The molecule has 9 nitrogen and oxygen atoms in total. The molecule has 1 aromatic heterocycles. The number of allylic oxidation sites excluding steroid dienone is 3. The van der Waals surface area contributed by atoms with Crippen LogP contribution in [0.4, 0.5) is 0 Å². The Morgan fingerprint density at radius 3 is 2.29 bits per heavy atom. The fourth-order valence-corrected chi connectivity index (χ4v) is 3.32. The average Bonchev–Trinajstić information content (AvgIpc) is 3.32. The van der Waals surface area contributed by atoms with Gasteiger partial charge in [-0.2, -0.15) is 0 Å². The van der Waals surface area contributed by atoms with E-state index in [0.29, 0.717) is 16.8 Å². The lowest BCUT2D eigenvalue weighted by molar-refractivity contribution is -0.153. The second-order valence-corrected chi connectivity index (χ2v) is 8.02. The lowest BCUT2D eigenvalue weighted by Gasteiger charge is -2.15. The summed E-state index contributed by atoms with van der Waals surface area (Å²) in [6.45, 7) is 9.52. The maximum Gasteiger partial charge on any atom is 0.337 e. The fourth-order valence-electron chi connectivity index (χ4n) is 3.32. The van der Waals surface area contributed by atoms with E-state index in [2.05, 4.69) is 0 Å². The molecule has 0 spiro atoms. The maximum absolute atomic E-state index is 12.5. The highest BCUT2D eigenvalue weighted by Gasteiger charge is 2.37. The number of fused-ring (bicyclic) bond motifs is 1. The van der Waals surface area contributed by atoms with Crippen molar-refractivity contribution in [2.45, 2.75) is 66.9 Å². The second-order valence-electron chi connectivity index (χ2n) is 8.02. The van der Waals surface area contributed by atoms with Crippen LogP contribution in [-0.4, -0.2) is 35.1 Å². The van der Waals surface area contributed by atoms with Gasteiger partial charge in [0.25, 0.3) is 0 Å². The van der Waals surface area contributed by atoms with Crippen LogP contribution in [0, 0.1) is 0 Å². The predicted molar refractivity (Wildman–Crippen MR) is 122 cm³/mol. The molecule has 0 N–H and O–H groups in total. The SMILES string of the molecule is C/C=C(\C)C(=O)O[C@@H]1C[C@H](OC(C)=O)n2ccc(COC(=O)/C(=C/C)COC(=O)C=C(C)C)c21. The number of ether oxygens (including phenoxy) is 4. The van der Waals surface area contributed by atoms with E-state index < -0.39 is 36.2 Å². The Balaban J connectivity index is 2.14. The minimum atomic E-state index is -0.679. The molecule has 0 unspecified atom stereocenters. The van der Waals surface area contributed by atoms with Gasteiger partial charge in [-0.05, 0) is 40.7 Å². The first-order valence-corrected chi connectivity index (χ1v) is 10.9. The van der Waals surface area contributed by atoms with Gasteiger partial charge in [-0.15, -0.1) is 0 Å². The van der Waals surface area contributed by atoms with Gasteiger partial charge in [0.2, 0.25) is 0 Å². The lowest BCUT2D eigenvalue weighted by atomic mass is 10.1. The van der Waals surface area contributed by atoms with Crippen LogP contribution >= 0.6 is 0 Å². The standard InChI is InChI=1S/C25H31NO8/c1-7-16(5)24(29)34-20-12-21(33-17(6)27)26-10-9-19(23(20)26)14-32-25(30)18(8-2)13-31-22(28)11-15(3)4/h7-11,20-21H,12-14H2,1-6H3/b16-7+,18-8+/t20-,21+/m1/s1. The van der Waals surface area contributed by atoms with Crippen molar-refractivity contribution in [2.75, 3.05) is 6.61 Å². The Morgan fingerprint density at radius 1 is 1.00 bits per heavy atom. The maximum atomic E-state index is 12.5. The van der Waals surface area contributed by atoms with E-state index in [0.717, 1.165) is 5.57 Å². The quantitative estimate of drug-likeness (QED) is 0.301. The Hall–Kier alpha value is -3.62. The first-order valence-electron chi connectivity index (χ1n) is 10.9. The van der Waals surface area contributed by atoms with Crippen molar-refractivity contribution in [2.24, 2.45) is 0 Å². The summed E-state index contributed by atoms with van der Waals surface area (Å²) in [5.41, 5.74) is 2.62. The van der Waals surface area contributed by atoms with Gasteiger partial charge in [0, 0.05) is 36.8 Å². The third-order valence-electron chi connectivity index (χ3n) is 5.13. The zero-order valence-corrected chi connectivity index (χ0v) is 20.4. The molecular weight excluding hydrogens is 442 g/mol. The fraction of sp³-hybridized carbons (Fsp3) is 0.440. The van der Waals surface area contributed by atoms with E-state index in [1.807, 2.05) is 0 Å². The summed E-state index contributed by atoms with van der Waals surface area (Å²) in [6.07, 6.45) is 5.12. The number of rotatable bonds is 9. The molecule has 9 heteroatoms. The number of nitrogens with zero attached hydrogens (tertiary/aromatic N) is 1. The lowest BCUT2D eigenvalue weighted by Crippen LogP contribution is -2.16. The van der Waals surface area contributed by atoms with Crippen molar-refractivity contribution in [3.05, 3.63) is 58.5 Å². The molecule has 34 heavy (non-hydrogen) atoms. The first kappa shape index (κ1) is 26.6. The number of hydrogen-bond acceptors (Lipinski definition) is 8. The van der Waals surface area contributed by atoms with Crippen LogP contribution < -0.4 is 0 Å². The van der Waals surface area contributed by atoms with E-state index in [-0.39, 0.29) is 25.2 Å². The average molecular weight is 474 g/mol. The van der Waals surface area contributed by atoms with E-state index in [1.54, 1.807) is 57.5 Å². The molecule has 0 fully saturated rings. The summed E-state index contributed by atoms with van der Waals surface area (Å²) in [4.78, 5) is 48.1. The van der Waals surface area contributed by atoms with Crippen LogP contribution in [0.1, 0.15) is 71.6 Å². The highest BCUT2D eigenvalue weighted by molar-refractivity contribution is 5.90. The van der Waals surface area contributed by atoms with E-state index in [1.165, 1.54) is 19.1 Å². The summed E-state index contributed by atoms with van der Waals surface area (Å²) in [5, 5.41) is 0. The predicted octanol–water partition coefficient (Wildman–Crippen LogP) is 4.00. The van der Waals surface area contributed by atoms with E-state index in [9.17, 15) is 19.2 Å². The molecule has 2 heterocycles. The van der Waals surface area contributed by atoms with Gasteiger partial charge in [0.15, 0.2) is 6.23 Å². The Kier molecular flexibility index (Phi) is 9.41. The summed E-state index contributed by atoms with van der Waals surface area (Å²) < 4.78 is 23.2. The molecule has 0 amide bonds. The van der Waals surface area contributed by atoms with E-state index >= 15 is 0 Å². The Labute approximate surface area is 199 Å². The Morgan fingerprint density at radius 2 is 1.71 bits per heavy atom. The molecule has 2 rings (SSSR count). The normalized spacial score (nSPS) is 17.5. The molecule has 0 saturated heterocycles. The van der Waals surface area contributed by atoms with Crippen molar-refractivity contribution in [3.8, 4) is 0 Å². The number of esters is 4. The molecule has 0 bridgehead atoms. The largest absolute Gasteiger partial charge is 0.457 e. The Bertz CT molecular complexity index is 1040.